The monoisotopic (exact) mass is 246 g/mol. The van der Waals surface area contributed by atoms with E-state index < -0.39 is 0 Å². The molecule has 0 N–H and O–H groups in total. The van der Waals surface area contributed by atoms with E-state index in [1.54, 1.807) is 6.08 Å². The lowest BCUT2D eigenvalue weighted by Gasteiger charge is -2.29. The predicted molar refractivity (Wildman–Crippen MR) is 73.3 cm³/mol. The fourth-order valence-corrected chi connectivity index (χ4v) is 1.81. The highest BCUT2D eigenvalue weighted by molar-refractivity contribution is 7.80. The SMILES string of the molecule is C=CCOC(C)(C)CCOC(C)(C)CCS. The van der Waals surface area contributed by atoms with Crippen molar-refractivity contribution in [1.82, 2.24) is 0 Å². The average Bonchev–Trinajstić information content (AvgIpc) is 2.14. The smallest absolute Gasteiger partial charge is 0.0652 e. The molecule has 96 valence electrons. The summed E-state index contributed by atoms with van der Waals surface area (Å²) in [6.45, 7) is 13.3. The fourth-order valence-electron chi connectivity index (χ4n) is 1.27. The van der Waals surface area contributed by atoms with Crippen molar-refractivity contribution >= 4 is 12.6 Å². The molecular weight excluding hydrogens is 220 g/mol. The van der Waals surface area contributed by atoms with Crippen LogP contribution < -0.4 is 0 Å². The number of hydrogen-bond donors (Lipinski definition) is 1. The van der Waals surface area contributed by atoms with Gasteiger partial charge in [0.2, 0.25) is 0 Å². The molecule has 0 aromatic rings. The van der Waals surface area contributed by atoms with Crippen molar-refractivity contribution in [2.24, 2.45) is 0 Å². The van der Waals surface area contributed by atoms with E-state index in [1.807, 2.05) is 0 Å². The van der Waals surface area contributed by atoms with Crippen LogP contribution in [0.5, 0.6) is 0 Å². The highest BCUT2D eigenvalue weighted by Crippen LogP contribution is 2.19. The average molecular weight is 246 g/mol. The van der Waals surface area contributed by atoms with Gasteiger partial charge >= 0.3 is 0 Å². The Hall–Kier alpha value is 0.0100. The van der Waals surface area contributed by atoms with Crippen LogP contribution in [0.3, 0.4) is 0 Å². The molecule has 0 aromatic heterocycles. The molecular formula is C13H26O2S. The fraction of sp³-hybridized carbons (Fsp3) is 0.846. The molecule has 0 aliphatic carbocycles. The lowest BCUT2D eigenvalue weighted by atomic mass is 10.0. The van der Waals surface area contributed by atoms with Crippen molar-refractivity contribution in [2.45, 2.75) is 51.7 Å². The first-order valence-electron chi connectivity index (χ1n) is 5.83. The quantitative estimate of drug-likeness (QED) is 0.496. The molecule has 0 unspecified atom stereocenters. The Labute approximate surface area is 106 Å². The zero-order chi connectivity index (χ0) is 12.7. The standard InChI is InChI=1S/C13H26O2S/c1-6-9-14-12(2,3)7-10-15-13(4,5)8-11-16/h6,16H,1,7-11H2,2-5H3. The zero-order valence-corrected chi connectivity index (χ0v) is 12.0. The van der Waals surface area contributed by atoms with Crippen molar-refractivity contribution in [1.29, 1.82) is 0 Å². The lowest BCUT2D eigenvalue weighted by Crippen LogP contribution is -2.31. The van der Waals surface area contributed by atoms with Gasteiger partial charge in [-0.3, -0.25) is 0 Å². The Morgan fingerprint density at radius 1 is 1.06 bits per heavy atom. The van der Waals surface area contributed by atoms with Gasteiger partial charge in [0.25, 0.3) is 0 Å². The molecule has 0 rings (SSSR count). The molecule has 0 aromatic carbocycles. The summed E-state index contributed by atoms with van der Waals surface area (Å²) in [7, 11) is 0. The molecule has 0 fully saturated rings. The van der Waals surface area contributed by atoms with Gasteiger partial charge in [-0.05, 0) is 46.3 Å². The van der Waals surface area contributed by atoms with E-state index in [4.69, 9.17) is 9.47 Å². The molecule has 0 spiro atoms. The molecule has 0 atom stereocenters. The molecule has 0 bridgehead atoms. The van der Waals surface area contributed by atoms with E-state index in [1.165, 1.54) is 0 Å². The van der Waals surface area contributed by atoms with Gasteiger partial charge in [0, 0.05) is 0 Å². The van der Waals surface area contributed by atoms with E-state index in [-0.39, 0.29) is 11.2 Å². The van der Waals surface area contributed by atoms with Crippen molar-refractivity contribution < 1.29 is 9.47 Å². The van der Waals surface area contributed by atoms with Crippen LogP contribution in [0.4, 0.5) is 0 Å². The van der Waals surface area contributed by atoms with Crippen molar-refractivity contribution in [2.75, 3.05) is 19.0 Å². The van der Waals surface area contributed by atoms with Crippen LogP contribution in [-0.2, 0) is 9.47 Å². The van der Waals surface area contributed by atoms with Crippen molar-refractivity contribution in [3.63, 3.8) is 0 Å². The van der Waals surface area contributed by atoms with Gasteiger partial charge in [-0.2, -0.15) is 12.6 Å². The second-order valence-corrected chi connectivity index (χ2v) is 5.64. The summed E-state index contributed by atoms with van der Waals surface area (Å²) in [6.07, 6.45) is 3.62. The Morgan fingerprint density at radius 3 is 2.12 bits per heavy atom. The zero-order valence-electron chi connectivity index (χ0n) is 11.1. The van der Waals surface area contributed by atoms with Crippen LogP contribution in [0.15, 0.2) is 12.7 Å². The van der Waals surface area contributed by atoms with E-state index in [0.717, 1.165) is 18.6 Å². The minimum atomic E-state index is -0.148. The second kappa shape index (κ2) is 7.36. The summed E-state index contributed by atoms with van der Waals surface area (Å²) in [5.41, 5.74) is -0.235. The van der Waals surface area contributed by atoms with Crippen LogP contribution in [0.2, 0.25) is 0 Å². The molecule has 0 saturated heterocycles. The highest BCUT2D eigenvalue weighted by atomic mass is 32.1. The van der Waals surface area contributed by atoms with Crippen LogP contribution >= 0.6 is 12.6 Å². The second-order valence-electron chi connectivity index (χ2n) is 5.19. The van der Waals surface area contributed by atoms with E-state index in [9.17, 15) is 0 Å². The maximum absolute atomic E-state index is 5.83. The van der Waals surface area contributed by atoms with Crippen LogP contribution in [0.25, 0.3) is 0 Å². The van der Waals surface area contributed by atoms with Gasteiger partial charge in [-0.25, -0.2) is 0 Å². The van der Waals surface area contributed by atoms with Crippen LogP contribution in [0.1, 0.15) is 40.5 Å². The minimum Gasteiger partial charge on any atom is -0.375 e. The predicted octanol–water partition coefficient (Wildman–Crippen LogP) is 3.47. The van der Waals surface area contributed by atoms with Gasteiger partial charge in [0.05, 0.1) is 24.4 Å². The Morgan fingerprint density at radius 2 is 1.62 bits per heavy atom. The maximum Gasteiger partial charge on any atom is 0.0652 e. The largest absolute Gasteiger partial charge is 0.375 e. The molecule has 16 heavy (non-hydrogen) atoms. The third kappa shape index (κ3) is 8.20. The Bertz CT molecular complexity index is 200. The lowest BCUT2D eigenvalue weighted by molar-refractivity contribution is -0.0661. The summed E-state index contributed by atoms with van der Waals surface area (Å²) in [4.78, 5) is 0. The normalized spacial score (nSPS) is 12.8. The van der Waals surface area contributed by atoms with Crippen LogP contribution in [0, 0.1) is 0 Å². The number of rotatable bonds is 9. The molecule has 0 radical (unpaired) electrons. The van der Waals surface area contributed by atoms with Gasteiger partial charge in [0.15, 0.2) is 0 Å². The van der Waals surface area contributed by atoms with Crippen molar-refractivity contribution in [3.05, 3.63) is 12.7 Å². The van der Waals surface area contributed by atoms with Gasteiger partial charge in [-0.1, -0.05) is 6.08 Å². The summed E-state index contributed by atoms with van der Waals surface area (Å²) in [5, 5.41) is 0. The molecule has 0 saturated carbocycles. The first kappa shape index (κ1) is 16.0. The molecule has 3 heteroatoms. The summed E-state index contributed by atoms with van der Waals surface area (Å²) < 4.78 is 11.5. The van der Waals surface area contributed by atoms with E-state index in [2.05, 4.69) is 46.9 Å². The molecule has 0 aliphatic heterocycles. The number of thiol groups is 1. The van der Waals surface area contributed by atoms with Gasteiger partial charge < -0.3 is 9.47 Å². The van der Waals surface area contributed by atoms with Crippen molar-refractivity contribution in [3.8, 4) is 0 Å². The third-order valence-corrected chi connectivity index (χ3v) is 2.73. The van der Waals surface area contributed by atoms with E-state index in [0.29, 0.717) is 13.2 Å². The summed E-state index contributed by atoms with van der Waals surface area (Å²) in [6, 6.07) is 0. The molecule has 0 amide bonds. The van der Waals surface area contributed by atoms with Gasteiger partial charge in [0.1, 0.15) is 0 Å². The minimum absolute atomic E-state index is 0.0870. The maximum atomic E-state index is 5.83. The van der Waals surface area contributed by atoms with Gasteiger partial charge in [-0.15, -0.1) is 6.58 Å². The Balaban J connectivity index is 3.82. The molecule has 2 nitrogen and oxygen atoms in total. The highest BCUT2D eigenvalue weighted by Gasteiger charge is 2.21. The molecule has 0 heterocycles. The van der Waals surface area contributed by atoms with E-state index >= 15 is 0 Å². The molecule has 0 aliphatic rings. The third-order valence-electron chi connectivity index (χ3n) is 2.50. The number of hydrogen-bond acceptors (Lipinski definition) is 3. The summed E-state index contributed by atoms with van der Waals surface area (Å²) in [5.74, 6) is 0.851. The number of ether oxygens (including phenoxy) is 2. The van der Waals surface area contributed by atoms with Crippen LogP contribution in [-0.4, -0.2) is 30.2 Å². The first-order valence-corrected chi connectivity index (χ1v) is 6.46. The summed E-state index contributed by atoms with van der Waals surface area (Å²) >= 11 is 4.22. The first-order chi connectivity index (χ1) is 7.33. The topological polar surface area (TPSA) is 18.5 Å². The Kier molecular flexibility index (Phi) is 7.36.